The van der Waals surface area contributed by atoms with E-state index in [9.17, 15) is 14.4 Å². The van der Waals surface area contributed by atoms with Crippen molar-refractivity contribution < 1.29 is 14.4 Å². The van der Waals surface area contributed by atoms with Crippen LogP contribution in [0.5, 0.6) is 0 Å². The van der Waals surface area contributed by atoms with E-state index in [0.29, 0.717) is 13.1 Å². The molecule has 0 aliphatic carbocycles. The van der Waals surface area contributed by atoms with Gasteiger partial charge in [0.2, 0.25) is 0 Å². The number of hydrogen-bond acceptors (Lipinski definition) is 3. The topological polar surface area (TPSA) is 69.7 Å². The number of carbonyl (C=O) groups is 3. The van der Waals surface area contributed by atoms with Crippen molar-refractivity contribution >= 4 is 17.8 Å². The van der Waals surface area contributed by atoms with Crippen molar-refractivity contribution in [3.05, 3.63) is 35.9 Å². The summed E-state index contributed by atoms with van der Waals surface area (Å²) in [5.41, 5.74) is 0.941. The van der Waals surface area contributed by atoms with Crippen LogP contribution in [0.2, 0.25) is 0 Å². The van der Waals surface area contributed by atoms with Crippen molar-refractivity contribution in [1.82, 2.24) is 15.1 Å². The van der Waals surface area contributed by atoms with Gasteiger partial charge in [0, 0.05) is 19.6 Å². The fourth-order valence-electron chi connectivity index (χ4n) is 2.26. The molecule has 1 N–H and O–H groups in total. The van der Waals surface area contributed by atoms with E-state index in [1.54, 1.807) is 6.92 Å². The molecule has 6 nitrogen and oxygen atoms in total. The van der Waals surface area contributed by atoms with Gasteiger partial charge in [0.25, 0.3) is 0 Å². The monoisotopic (exact) mass is 289 g/mol. The van der Waals surface area contributed by atoms with Crippen molar-refractivity contribution in [3.8, 4) is 0 Å². The van der Waals surface area contributed by atoms with Gasteiger partial charge in [-0.05, 0) is 19.4 Å². The van der Waals surface area contributed by atoms with Crippen LogP contribution in [0.25, 0.3) is 0 Å². The van der Waals surface area contributed by atoms with Gasteiger partial charge in [0.05, 0.1) is 6.04 Å². The average Bonchev–Trinajstić information content (AvgIpc) is 2.50. The number of nitrogens with zero attached hydrogens (tertiary/aromatic N) is 2. The smallest absolute Gasteiger partial charge is 0.325 e. The molecule has 1 aliphatic rings. The molecule has 0 radical (unpaired) electrons. The summed E-state index contributed by atoms with van der Waals surface area (Å²) in [5.74, 6) is -1.38. The van der Waals surface area contributed by atoms with Crippen molar-refractivity contribution in [1.29, 1.82) is 0 Å². The van der Waals surface area contributed by atoms with E-state index in [-0.39, 0.29) is 12.6 Å². The van der Waals surface area contributed by atoms with E-state index in [1.807, 2.05) is 37.3 Å². The summed E-state index contributed by atoms with van der Waals surface area (Å²) in [7, 11) is 0. The number of amides is 4. The molecule has 21 heavy (non-hydrogen) atoms. The number of likely N-dealkylation sites (N-methyl/N-ethyl adjacent to an activating group) is 1. The summed E-state index contributed by atoms with van der Waals surface area (Å²) < 4.78 is 0. The third kappa shape index (κ3) is 3.21. The van der Waals surface area contributed by atoms with Crippen LogP contribution in [0.3, 0.4) is 0 Å². The first-order valence-electron chi connectivity index (χ1n) is 7.00. The quantitative estimate of drug-likeness (QED) is 0.849. The van der Waals surface area contributed by atoms with Crippen LogP contribution in [0.1, 0.15) is 25.5 Å². The Morgan fingerprint density at radius 3 is 2.48 bits per heavy atom. The highest BCUT2D eigenvalue weighted by Crippen LogP contribution is 2.13. The van der Waals surface area contributed by atoms with Gasteiger partial charge in [0.15, 0.2) is 0 Å². The maximum atomic E-state index is 12.2. The lowest BCUT2D eigenvalue weighted by atomic mass is 10.1. The molecular weight excluding hydrogens is 270 g/mol. The van der Waals surface area contributed by atoms with Crippen LogP contribution >= 0.6 is 0 Å². The molecule has 1 aromatic carbocycles. The van der Waals surface area contributed by atoms with E-state index in [4.69, 9.17) is 0 Å². The number of urea groups is 1. The molecular formula is C15H19N3O3. The van der Waals surface area contributed by atoms with Gasteiger partial charge in [-0.2, -0.15) is 0 Å². The Morgan fingerprint density at radius 2 is 1.86 bits per heavy atom. The SMILES string of the molecule is CCN1CCN(C(=O)N[C@@H](C)c2ccccc2)C(=O)C1=O. The predicted octanol–water partition coefficient (Wildman–Crippen LogP) is 1.15. The zero-order chi connectivity index (χ0) is 15.4. The van der Waals surface area contributed by atoms with Gasteiger partial charge < -0.3 is 10.2 Å². The lowest BCUT2D eigenvalue weighted by molar-refractivity contribution is -0.153. The van der Waals surface area contributed by atoms with Crippen molar-refractivity contribution in [2.24, 2.45) is 0 Å². The van der Waals surface area contributed by atoms with Crippen LogP contribution < -0.4 is 5.32 Å². The fraction of sp³-hybridized carbons (Fsp3) is 0.400. The van der Waals surface area contributed by atoms with Crippen LogP contribution in [0.15, 0.2) is 30.3 Å². The number of imide groups is 1. The Morgan fingerprint density at radius 1 is 1.19 bits per heavy atom. The normalized spacial score (nSPS) is 16.9. The number of piperazine rings is 1. The molecule has 1 saturated heterocycles. The average molecular weight is 289 g/mol. The molecule has 1 heterocycles. The summed E-state index contributed by atoms with van der Waals surface area (Å²) >= 11 is 0. The van der Waals surface area contributed by atoms with Gasteiger partial charge >= 0.3 is 17.8 Å². The van der Waals surface area contributed by atoms with Crippen molar-refractivity contribution in [2.75, 3.05) is 19.6 Å². The summed E-state index contributed by atoms with van der Waals surface area (Å²) in [6.07, 6.45) is 0. The minimum absolute atomic E-state index is 0.228. The van der Waals surface area contributed by atoms with E-state index in [0.717, 1.165) is 10.5 Å². The minimum atomic E-state index is -0.763. The van der Waals surface area contributed by atoms with Crippen molar-refractivity contribution in [2.45, 2.75) is 19.9 Å². The fourth-order valence-corrected chi connectivity index (χ4v) is 2.26. The zero-order valence-corrected chi connectivity index (χ0v) is 12.2. The lowest BCUT2D eigenvalue weighted by Crippen LogP contribution is -2.58. The first-order chi connectivity index (χ1) is 10.0. The van der Waals surface area contributed by atoms with Gasteiger partial charge in [-0.15, -0.1) is 0 Å². The number of hydrogen-bond donors (Lipinski definition) is 1. The maximum absolute atomic E-state index is 12.2. The molecule has 0 saturated carbocycles. The van der Waals surface area contributed by atoms with Crippen LogP contribution in [0.4, 0.5) is 4.79 Å². The number of nitrogens with one attached hydrogen (secondary N) is 1. The van der Waals surface area contributed by atoms with Crippen LogP contribution in [-0.4, -0.2) is 47.3 Å². The first-order valence-corrected chi connectivity index (χ1v) is 7.00. The third-order valence-corrected chi connectivity index (χ3v) is 3.58. The standard InChI is InChI=1S/C15H19N3O3/c1-3-17-9-10-18(14(20)13(17)19)15(21)16-11(2)12-7-5-4-6-8-12/h4-8,11H,3,9-10H2,1-2H3,(H,16,21)/t11-/m0/s1. The van der Waals surface area contributed by atoms with E-state index < -0.39 is 17.8 Å². The number of rotatable bonds is 3. The van der Waals surface area contributed by atoms with E-state index in [2.05, 4.69) is 5.32 Å². The molecule has 2 rings (SSSR count). The second-order valence-electron chi connectivity index (χ2n) is 4.92. The molecule has 0 aromatic heterocycles. The first kappa shape index (κ1) is 15.0. The Bertz CT molecular complexity index is 544. The Labute approximate surface area is 123 Å². The molecule has 6 heteroatoms. The molecule has 1 fully saturated rings. The van der Waals surface area contributed by atoms with E-state index in [1.165, 1.54) is 4.90 Å². The maximum Gasteiger partial charge on any atom is 0.325 e. The summed E-state index contributed by atoms with van der Waals surface area (Å²) in [6, 6.07) is 8.69. The Hall–Kier alpha value is -2.37. The molecule has 0 bridgehead atoms. The van der Waals surface area contributed by atoms with Gasteiger partial charge in [-0.3, -0.25) is 14.5 Å². The van der Waals surface area contributed by atoms with Gasteiger partial charge in [0.1, 0.15) is 0 Å². The molecule has 112 valence electrons. The van der Waals surface area contributed by atoms with Gasteiger partial charge in [-0.25, -0.2) is 4.79 Å². The molecule has 1 aliphatic heterocycles. The van der Waals surface area contributed by atoms with Crippen molar-refractivity contribution in [3.63, 3.8) is 0 Å². The highest BCUT2D eigenvalue weighted by Gasteiger charge is 2.35. The minimum Gasteiger partial charge on any atom is -0.333 e. The third-order valence-electron chi connectivity index (χ3n) is 3.58. The Balaban J connectivity index is 2.01. The second-order valence-corrected chi connectivity index (χ2v) is 4.92. The number of benzene rings is 1. The van der Waals surface area contributed by atoms with Gasteiger partial charge in [-0.1, -0.05) is 30.3 Å². The highest BCUT2D eigenvalue weighted by molar-refractivity contribution is 6.38. The zero-order valence-electron chi connectivity index (χ0n) is 12.2. The molecule has 0 spiro atoms. The molecule has 1 aromatic rings. The summed E-state index contributed by atoms with van der Waals surface area (Å²) in [4.78, 5) is 38.3. The molecule has 1 atom stereocenters. The highest BCUT2D eigenvalue weighted by atomic mass is 16.2. The van der Waals surface area contributed by atoms with Crippen LogP contribution in [0, 0.1) is 0 Å². The number of carbonyl (C=O) groups excluding carboxylic acids is 3. The van der Waals surface area contributed by atoms with E-state index >= 15 is 0 Å². The molecule has 4 amide bonds. The van der Waals surface area contributed by atoms with Crippen LogP contribution in [-0.2, 0) is 9.59 Å². The molecule has 0 unspecified atom stereocenters. The summed E-state index contributed by atoms with van der Waals surface area (Å²) in [5, 5.41) is 2.75. The lowest BCUT2D eigenvalue weighted by Gasteiger charge is -2.32. The Kier molecular flexibility index (Phi) is 4.57. The largest absolute Gasteiger partial charge is 0.333 e. The predicted molar refractivity (Wildman–Crippen MR) is 77.4 cm³/mol. The second kappa shape index (κ2) is 6.39. The summed E-state index contributed by atoms with van der Waals surface area (Å²) in [6.45, 7) is 4.72.